The first-order valence-electron chi connectivity index (χ1n) is 10.1. The van der Waals surface area contributed by atoms with Crippen LogP contribution in [-0.2, 0) is 11.3 Å². The zero-order valence-corrected chi connectivity index (χ0v) is 21.4. The Morgan fingerprint density at radius 2 is 1.80 bits per heavy atom. The molecular weight excluding hydrogens is 412 g/mol. The summed E-state index contributed by atoms with van der Waals surface area (Å²) in [5.74, 6) is 0.655. The first-order chi connectivity index (χ1) is 14.0. The van der Waals surface area contributed by atoms with Gasteiger partial charge in [-0.2, -0.15) is 0 Å². The summed E-state index contributed by atoms with van der Waals surface area (Å²) in [4.78, 5) is 25.7. The smallest absolute Gasteiger partial charge is 0.190 e. The minimum Gasteiger partial charge on any atom is -0.497 e. The van der Waals surface area contributed by atoms with Crippen molar-refractivity contribution in [2.75, 3.05) is 7.11 Å². The number of ketones is 2. The molecule has 30 heavy (non-hydrogen) atoms. The molecule has 0 aliphatic carbocycles. The summed E-state index contributed by atoms with van der Waals surface area (Å²) in [6.45, 7) is 17.8. The van der Waals surface area contributed by atoms with Crippen molar-refractivity contribution in [3.63, 3.8) is 0 Å². The quantitative estimate of drug-likeness (QED) is 0.281. The molecular formula is C24H35NO3P2. The van der Waals surface area contributed by atoms with Gasteiger partial charge in [-0.15, -0.1) is 18.5 Å². The third-order valence-electron chi connectivity index (χ3n) is 4.75. The van der Waals surface area contributed by atoms with Crippen LogP contribution < -0.4 is 4.74 Å². The molecule has 0 aliphatic rings. The summed E-state index contributed by atoms with van der Waals surface area (Å²) < 4.78 is 7.16. The van der Waals surface area contributed by atoms with Crippen LogP contribution in [0.15, 0.2) is 48.4 Å². The number of nitrogens with zero attached hydrogens (tertiary/aromatic N) is 1. The highest BCUT2D eigenvalue weighted by molar-refractivity contribution is 7.27. The van der Waals surface area contributed by atoms with E-state index in [1.807, 2.05) is 57.4 Å². The van der Waals surface area contributed by atoms with Crippen LogP contribution in [0.1, 0.15) is 51.4 Å². The molecule has 0 amide bonds. The van der Waals surface area contributed by atoms with Crippen LogP contribution in [0.3, 0.4) is 0 Å². The Labute approximate surface area is 185 Å². The van der Waals surface area contributed by atoms with Gasteiger partial charge in [-0.1, -0.05) is 53.1 Å². The highest BCUT2D eigenvalue weighted by atomic mass is 31.0. The van der Waals surface area contributed by atoms with Crippen LogP contribution in [0.5, 0.6) is 5.75 Å². The molecule has 0 saturated heterocycles. The van der Waals surface area contributed by atoms with E-state index in [-0.39, 0.29) is 23.8 Å². The number of allylic oxidation sites excluding steroid dienone is 2. The molecule has 3 atom stereocenters. The summed E-state index contributed by atoms with van der Waals surface area (Å²) in [6, 6.07) is 5.54. The molecule has 2 aromatic rings. The first-order valence-corrected chi connectivity index (χ1v) is 11.3. The fourth-order valence-corrected chi connectivity index (χ4v) is 3.18. The van der Waals surface area contributed by atoms with Crippen molar-refractivity contribution in [2.24, 2.45) is 5.41 Å². The number of hydrogen-bond acceptors (Lipinski definition) is 3. The molecule has 3 unspecified atom stereocenters. The Kier molecular flexibility index (Phi) is 9.66. The van der Waals surface area contributed by atoms with Crippen LogP contribution in [0, 0.1) is 5.41 Å². The lowest BCUT2D eigenvalue weighted by Crippen LogP contribution is -2.24. The maximum Gasteiger partial charge on any atom is 0.190 e. The van der Waals surface area contributed by atoms with E-state index >= 15 is 0 Å². The molecule has 0 fully saturated rings. The van der Waals surface area contributed by atoms with Gasteiger partial charge in [-0.05, 0) is 24.1 Å². The number of fused-ring (bicyclic) bond motifs is 1. The number of hydrogen-bond donors (Lipinski definition) is 0. The van der Waals surface area contributed by atoms with Gasteiger partial charge in [0.15, 0.2) is 11.6 Å². The van der Waals surface area contributed by atoms with Gasteiger partial charge in [-0.25, -0.2) is 0 Å². The molecule has 0 aliphatic heterocycles. The fraction of sp³-hybridized carbons (Fsp3) is 0.417. The number of benzene rings is 1. The average molecular weight is 447 g/mol. The lowest BCUT2D eigenvalue weighted by Gasteiger charge is -2.17. The van der Waals surface area contributed by atoms with Gasteiger partial charge in [0.25, 0.3) is 0 Å². The second-order valence-corrected chi connectivity index (χ2v) is 9.59. The van der Waals surface area contributed by atoms with Gasteiger partial charge in [0.2, 0.25) is 0 Å². The standard InChI is InChI=1S/C22H29NO3P2.C2H6/c1-13(9-19(28)14(2)27)21(25)17-11-23(12-20(24)22(3,4)5)18-10-15(26-6)7-8-16(17)18;1-2/h7-8,10-11,19H,1-2,9,12,27-28H2,3-6H3;1-2H3. The number of methoxy groups -OCH3 is 1. The van der Waals surface area contributed by atoms with Crippen LogP contribution in [0.25, 0.3) is 10.9 Å². The zero-order valence-electron chi connectivity index (χ0n) is 19.0. The van der Waals surface area contributed by atoms with Gasteiger partial charge in [0.1, 0.15) is 5.75 Å². The summed E-state index contributed by atoms with van der Waals surface area (Å²) >= 11 is 0. The highest BCUT2D eigenvalue weighted by Gasteiger charge is 2.24. The van der Waals surface area contributed by atoms with Crippen molar-refractivity contribution in [1.82, 2.24) is 4.57 Å². The Hall–Kier alpha value is -1.76. The molecule has 4 nitrogen and oxygen atoms in total. The van der Waals surface area contributed by atoms with E-state index in [9.17, 15) is 9.59 Å². The highest BCUT2D eigenvalue weighted by Crippen LogP contribution is 2.31. The van der Waals surface area contributed by atoms with Gasteiger partial charge >= 0.3 is 0 Å². The van der Waals surface area contributed by atoms with Crippen LogP contribution in [0.2, 0.25) is 0 Å². The first kappa shape index (κ1) is 26.3. The van der Waals surface area contributed by atoms with Gasteiger partial charge < -0.3 is 9.30 Å². The number of ether oxygens (including phenoxy) is 1. The summed E-state index contributed by atoms with van der Waals surface area (Å²) in [5, 5.41) is 1.69. The molecule has 6 heteroatoms. The lowest BCUT2D eigenvalue weighted by molar-refractivity contribution is -0.126. The Morgan fingerprint density at radius 3 is 2.30 bits per heavy atom. The maximum absolute atomic E-state index is 13.1. The number of carbonyl (C=O) groups excluding carboxylic acids is 2. The van der Waals surface area contributed by atoms with Crippen molar-refractivity contribution in [3.8, 4) is 5.75 Å². The number of carbonyl (C=O) groups is 2. The third kappa shape index (κ3) is 6.37. The molecule has 1 heterocycles. The van der Waals surface area contributed by atoms with Gasteiger partial charge in [0.05, 0.1) is 19.2 Å². The van der Waals surface area contributed by atoms with Crippen LogP contribution >= 0.6 is 18.5 Å². The van der Waals surface area contributed by atoms with Gasteiger partial charge in [0, 0.05) is 34.3 Å². The van der Waals surface area contributed by atoms with Crippen molar-refractivity contribution < 1.29 is 14.3 Å². The largest absolute Gasteiger partial charge is 0.497 e. The van der Waals surface area contributed by atoms with E-state index in [4.69, 9.17) is 4.74 Å². The fourth-order valence-electron chi connectivity index (χ4n) is 2.78. The molecule has 0 saturated carbocycles. The molecule has 0 N–H and O–H groups in total. The third-order valence-corrected chi connectivity index (χ3v) is 6.23. The number of aromatic nitrogens is 1. The second kappa shape index (κ2) is 11.0. The minimum atomic E-state index is -0.463. The number of rotatable bonds is 8. The van der Waals surface area contributed by atoms with E-state index in [1.54, 1.807) is 13.3 Å². The second-order valence-electron chi connectivity index (χ2n) is 8.05. The zero-order chi connectivity index (χ0) is 23.2. The summed E-state index contributed by atoms with van der Waals surface area (Å²) in [6.07, 6.45) is 2.27. The monoisotopic (exact) mass is 447 g/mol. The predicted octanol–water partition coefficient (Wildman–Crippen LogP) is 6.05. The molecule has 0 bridgehead atoms. The van der Waals surface area contributed by atoms with Crippen molar-refractivity contribution in [1.29, 1.82) is 0 Å². The van der Waals surface area contributed by atoms with Crippen LogP contribution in [-0.4, -0.2) is 28.9 Å². The average Bonchev–Trinajstić information content (AvgIpc) is 3.05. The molecule has 164 valence electrons. The predicted molar refractivity (Wildman–Crippen MR) is 135 cm³/mol. The molecule has 2 rings (SSSR count). The molecule has 1 aromatic heterocycles. The van der Waals surface area contributed by atoms with E-state index in [1.165, 1.54) is 0 Å². The normalized spacial score (nSPS) is 12.0. The topological polar surface area (TPSA) is 48.3 Å². The summed E-state index contributed by atoms with van der Waals surface area (Å²) in [5.41, 5.74) is 1.47. The van der Waals surface area contributed by atoms with Crippen LogP contribution in [0.4, 0.5) is 0 Å². The number of Topliss-reactive ketones (excluding diaryl/α,β-unsaturated/α-hetero) is 2. The Bertz CT molecular complexity index is 951. The molecule has 1 aromatic carbocycles. The SMILES string of the molecule is C=C(CC(P)C(=C)P)C(=O)c1cn(CC(=O)C(C)(C)C)c2cc(OC)ccc12.CC. The molecule has 0 radical (unpaired) electrons. The Morgan fingerprint density at radius 1 is 1.20 bits per heavy atom. The van der Waals surface area contributed by atoms with Crippen molar-refractivity contribution in [3.05, 3.63) is 54.0 Å². The maximum atomic E-state index is 13.1. The minimum absolute atomic E-state index is 0.0670. The van der Waals surface area contributed by atoms with Crippen molar-refractivity contribution in [2.45, 2.75) is 53.2 Å². The van der Waals surface area contributed by atoms with Gasteiger partial charge in [-0.3, -0.25) is 9.59 Å². The van der Waals surface area contributed by atoms with E-state index in [0.717, 1.165) is 16.2 Å². The van der Waals surface area contributed by atoms with E-state index in [2.05, 4.69) is 31.6 Å². The Balaban J connectivity index is 0.00000218. The lowest BCUT2D eigenvalue weighted by atomic mass is 9.91. The summed E-state index contributed by atoms with van der Waals surface area (Å²) in [7, 11) is 6.84. The van der Waals surface area contributed by atoms with E-state index < -0.39 is 5.41 Å². The van der Waals surface area contributed by atoms with E-state index in [0.29, 0.717) is 23.3 Å². The molecule has 0 spiro atoms. The van der Waals surface area contributed by atoms with Crippen molar-refractivity contribution >= 4 is 40.9 Å².